The van der Waals surface area contributed by atoms with E-state index in [1.807, 2.05) is 0 Å². The standard InChI is InChI=1S/C23H25F4NO4S/c1-21(2,17-12-16(24)11-15-7-9-32-20(15)17)13-22(29,23(25,26)27)14-28-8-10-33(30,31)19-6-4-3-5-18(19)28/h3-6,11-12,29H,7-10,13-14H2,1-2H3. The van der Waals surface area contributed by atoms with Gasteiger partial charge in [0.25, 0.3) is 0 Å². The van der Waals surface area contributed by atoms with Crippen LogP contribution in [0.5, 0.6) is 5.75 Å². The lowest BCUT2D eigenvalue weighted by molar-refractivity contribution is -0.262. The van der Waals surface area contributed by atoms with Crippen LogP contribution in [0.25, 0.3) is 0 Å². The molecular weight excluding hydrogens is 462 g/mol. The van der Waals surface area contributed by atoms with E-state index >= 15 is 0 Å². The van der Waals surface area contributed by atoms with Crippen molar-refractivity contribution in [1.82, 2.24) is 0 Å². The lowest BCUT2D eigenvalue weighted by Gasteiger charge is -2.42. The van der Waals surface area contributed by atoms with Gasteiger partial charge in [-0.1, -0.05) is 26.0 Å². The molecular formula is C23H25F4NO4S. The minimum absolute atomic E-state index is 0.0589. The molecule has 0 bridgehead atoms. The molecule has 2 aromatic carbocycles. The van der Waals surface area contributed by atoms with Crippen molar-refractivity contribution in [3.63, 3.8) is 0 Å². The number of rotatable bonds is 5. The van der Waals surface area contributed by atoms with Crippen LogP contribution in [0, 0.1) is 5.82 Å². The van der Waals surface area contributed by atoms with Gasteiger partial charge in [0.05, 0.1) is 29.5 Å². The van der Waals surface area contributed by atoms with Gasteiger partial charge in [0, 0.05) is 24.1 Å². The van der Waals surface area contributed by atoms with Gasteiger partial charge in [-0.25, -0.2) is 12.8 Å². The highest BCUT2D eigenvalue weighted by Crippen LogP contribution is 2.46. The highest BCUT2D eigenvalue weighted by atomic mass is 32.2. The maximum atomic E-state index is 14.3. The van der Waals surface area contributed by atoms with Gasteiger partial charge in [-0.3, -0.25) is 0 Å². The van der Waals surface area contributed by atoms with Crippen LogP contribution in [0.2, 0.25) is 0 Å². The fourth-order valence-electron chi connectivity index (χ4n) is 4.77. The minimum Gasteiger partial charge on any atom is -0.493 e. The van der Waals surface area contributed by atoms with E-state index in [1.165, 1.54) is 49.1 Å². The number of hydrogen-bond acceptors (Lipinski definition) is 5. The Labute approximate surface area is 189 Å². The molecule has 0 saturated heterocycles. The monoisotopic (exact) mass is 487 g/mol. The molecule has 0 fully saturated rings. The minimum atomic E-state index is -5.02. The van der Waals surface area contributed by atoms with Crippen LogP contribution in [-0.2, 0) is 21.7 Å². The van der Waals surface area contributed by atoms with Crippen LogP contribution < -0.4 is 9.64 Å². The van der Waals surface area contributed by atoms with Crippen molar-refractivity contribution in [3.8, 4) is 5.75 Å². The predicted molar refractivity (Wildman–Crippen MR) is 115 cm³/mol. The van der Waals surface area contributed by atoms with Crippen LogP contribution in [0.4, 0.5) is 23.2 Å². The number of anilines is 1. The van der Waals surface area contributed by atoms with Gasteiger partial charge in [0.2, 0.25) is 0 Å². The number of sulfone groups is 1. The number of hydrogen-bond donors (Lipinski definition) is 1. The molecule has 2 aliphatic rings. The predicted octanol–water partition coefficient (Wildman–Crippen LogP) is 4.02. The second-order valence-electron chi connectivity index (χ2n) is 9.34. The van der Waals surface area contributed by atoms with Gasteiger partial charge < -0.3 is 14.7 Å². The first-order chi connectivity index (χ1) is 15.2. The summed E-state index contributed by atoms with van der Waals surface area (Å²) in [5.41, 5.74) is -3.52. The summed E-state index contributed by atoms with van der Waals surface area (Å²) < 4.78 is 87.4. The van der Waals surface area contributed by atoms with Crippen LogP contribution in [0.1, 0.15) is 31.4 Å². The molecule has 4 rings (SSSR count). The third-order valence-corrected chi connectivity index (χ3v) is 8.10. The Morgan fingerprint density at radius 2 is 1.85 bits per heavy atom. The van der Waals surface area contributed by atoms with E-state index in [4.69, 9.17) is 4.74 Å². The first kappa shape index (κ1) is 23.8. The van der Waals surface area contributed by atoms with E-state index in [9.17, 15) is 31.1 Å². The van der Waals surface area contributed by atoms with E-state index in [0.717, 1.165) is 6.07 Å². The molecule has 0 saturated carbocycles. The maximum absolute atomic E-state index is 14.3. The fraction of sp³-hybridized carbons (Fsp3) is 0.478. The van der Waals surface area contributed by atoms with Gasteiger partial charge in [0.15, 0.2) is 15.4 Å². The lowest BCUT2D eigenvalue weighted by atomic mass is 9.73. The van der Waals surface area contributed by atoms with Crippen LogP contribution in [-0.4, -0.2) is 50.8 Å². The van der Waals surface area contributed by atoms with E-state index in [-0.39, 0.29) is 28.4 Å². The molecule has 2 aliphatic heterocycles. The average molecular weight is 488 g/mol. The van der Waals surface area contributed by atoms with Gasteiger partial charge >= 0.3 is 6.18 Å². The zero-order valence-electron chi connectivity index (χ0n) is 18.2. The van der Waals surface area contributed by atoms with E-state index < -0.39 is 45.8 Å². The quantitative estimate of drug-likeness (QED) is 0.646. The Morgan fingerprint density at radius 1 is 1.15 bits per heavy atom. The summed E-state index contributed by atoms with van der Waals surface area (Å²) >= 11 is 0. The molecule has 1 atom stereocenters. The van der Waals surface area contributed by atoms with Crippen molar-refractivity contribution in [2.45, 2.75) is 48.8 Å². The summed E-state index contributed by atoms with van der Waals surface area (Å²) in [4.78, 5) is 1.20. The number of ether oxygens (including phenoxy) is 1. The van der Waals surface area contributed by atoms with Crippen molar-refractivity contribution < 1.29 is 35.8 Å². The number of halogens is 4. The molecule has 0 aliphatic carbocycles. The molecule has 0 amide bonds. The van der Waals surface area contributed by atoms with Gasteiger partial charge in [-0.15, -0.1) is 0 Å². The van der Waals surface area contributed by atoms with Crippen molar-refractivity contribution in [3.05, 3.63) is 53.3 Å². The van der Waals surface area contributed by atoms with Crippen LogP contribution in [0.3, 0.4) is 0 Å². The second kappa shape index (κ2) is 7.87. The molecule has 0 spiro atoms. The molecule has 2 heterocycles. The number of β-amino-alcohol motifs (C(OH)–C–C–N with tert-alkyl or cyclic N) is 1. The molecule has 5 nitrogen and oxygen atoms in total. The molecule has 1 unspecified atom stereocenters. The largest absolute Gasteiger partial charge is 0.493 e. The normalized spacial score (nSPS) is 19.4. The highest BCUT2D eigenvalue weighted by molar-refractivity contribution is 7.91. The van der Waals surface area contributed by atoms with Crippen molar-refractivity contribution in [2.75, 3.05) is 30.3 Å². The van der Waals surface area contributed by atoms with Crippen LogP contribution in [0.15, 0.2) is 41.3 Å². The molecule has 0 aromatic heterocycles. The SMILES string of the molecule is CC(C)(CC(O)(CN1CCS(=O)(=O)c2ccccc21)C(F)(F)F)c1cc(F)cc2c1OCC2. The van der Waals surface area contributed by atoms with Crippen molar-refractivity contribution in [2.24, 2.45) is 0 Å². The second-order valence-corrected chi connectivity index (χ2v) is 11.4. The molecule has 180 valence electrons. The number of para-hydroxylation sites is 1. The smallest absolute Gasteiger partial charge is 0.418 e. The average Bonchev–Trinajstić information content (AvgIpc) is 3.17. The van der Waals surface area contributed by atoms with Crippen molar-refractivity contribution >= 4 is 15.5 Å². The Balaban J connectivity index is 1.71. The third-order valence-electron chi connectivity index (χ3n) is 6.36. The Hall–Kier alpha value is -2.33. The maximum Gasteiger partial charge on any atom is 0.418 e. The van der Waals surface area contributed by atoms with Crippen molar-refractivity contribution in [1.29, 1.82) is 0 Å². The number of fused-ring (bicyclic) bond motifs is 2. The molecule has 10 heteroatoms. The molecule has 0 radical (unpaired) electrons. The summed E-state index contributed by atoms with van der Waals surface area (Å²) in [7, 11) is -3.62. The lowest BCUT2D eigenvalue weighted by Crippen LogP contribution is -2.57. The van der Waals surface area contributed by atoms with E-state index in [2.05, 4.69) is 0 Å². The fourth-order valence-corrected chi connectivity index (χ4v) is 6.25. The van der Waals surface area contributed by atoms with Gasteiger partial charge in [-0.2, -0.15) is 13.2 Å². The topological polar surface area (TPSA) is 66.8 Å². The van der Waals surface area contributed by atoms with E-state index in [0.29, 0.717) is 24.3 Å². The summed E-state index contributed by atoms with van der Waals surface area (Å²) in [5.74, 6) is -0.569. The number of aliphatic hydroxyl groups is 1. The molecule has 1 N–H and O–H groups in total. The first-order valence-corrected chi connectivity index (χ1v) is 12.2. The zero-order valence-corrected chi connectivity index (χ0v) is 19.1. The zero-order chi connectivity index (χ0) is 24.2. The Kier molecular flexibility index (Phi) is 5.68. The Morgan fingerprint density at radius 3 is 2.55 bits per heavy atom. The first-order valence-electron chi connectivity index (χ1n) is 10.6. The number of alkyl halides is 3. The number of benzene rings is 2. The summed E-state index contributed by atoms with van der Waals surface area (Å²) in [6.07, 6.45) is -5.33. The summed E-state index contributed by atoms with van der Waals surface area (Å²) in [6, 6.07) is 8.29. The molecule has 33 heavy (non-hydrogen) atoms. The van der Waals surface area contributed by atoms with Gasteiger partial charge in [0.1, 0.15) is 11.6 Å². The molecule has 2 aromatic rings. The number of nitrogens with zero attached hydrogens (tertiary/aromatic N) is 1. The van der Waals surface area contributed by atoms with E-state index in [1.54, 1.807) is 0 Å². The Bertz CT molecular complexity index is 1180. The summed E-state index contributed by atoms with van der Waals surface area (Å²) in [5, 5.41) is 11.0. The highest BCUT2D eigenvalue weighted by Gasteiger charge is 2.57. The van der Waals surface area contributed by atoms with Gasteiger partial charge in [-0.05, 0) is 36.1 Å². The third kappa shape index (κ3) is 4.30. The summed E-state index contributed by atoms with van der Waals surface area (Å²) in [6.45, 7) is 2.29. The van der Waals surface area contributed by atoms with Crippen LogP contribution >= 0.6 is 0 Å².